The van der Waals surface area contributed by atoms with Gasteiger partial charge in [-0.3, -0.25) is 0 Å². The number of nitrogen functional groups attached to an aromatic ring is 1. The van der Waals surface area contributed by atoms with Crippen molar-refractivity contribution in [3.05, 3.63) is 27.9 Å². The van der Waals surface area contributed by atoms with Gasteiger partial charge in [-0.15, -0.1) is 0 Å². The van der Waals surface area contributed by atoms with E-state index in [1.54, 1.807) is 24.1 Å². The predicted octanol–water partition coefficient (Wildman–Crippen LogP) is 0.996. The highest BCUT2D eigenvalue weighted by atomic mass is 127. The van der Waals surface area contributed by atoms with E-state index in [1.807, 2.05) is 6.20 Å². The lowest BCUT2D eigenvalue weighted by atomic mass is 10.5. The lowest BCUT2D eigenvalue weighted by Crippen LogP contribution is -2.06. The van der Waals surface area contributed by atoms with Gasteiger partial charge < -0.3 is 10.5 Å². The topological polar surface area (TPSA) is 78.9 Å². The van der Waals surface area contributed by atoms with Crippen molar-refractivity contribution in [1.82, 2.24) is 19.7 Å². The molecule has 2 aromatic heterocycles. The van der Waals surface area contributed by atoms with Crippen LogP contribution in [0.5, 0.6) is 0 Å². The monoisotopic (exact) mass is 331 g/mol. The molecule has 0 saturated heterocycles. The zero-order chi connectivity index (χ0) is 11.5. The van der Waals surface area contributed by atoms with Gasteiger partial charge in [0.25, 0.3) is 0 Å². The van der Waals surface area contributed by atoms with Gasteiger partial charge in [-0.25, -0.2) is 14.6 Å². The number of anilines is 1. The number of nitrogens with two attached hydrogens (primary N) is 1. The van der Waals surface area contributed by atoms with Crippen LogP contribution in [0.1, 0.15) is 5.82 Å². The van der Waals surface area contributed by atoms with Crippen LogP contribution in [0.25, 0.3) is 5.82 Å². The third-order valence-electron chi connectivity index (χ3n) is 1.84. The molecule has 0 aromatic carbocycles. The maximum Gasteiger partial charge on any atom is 0.159 e. The molecule has 2 heterocycles. The second-order valence-electron chi connectivity index (χ2n) is 3.10. The zero-order valence-electron chi connectivity index (χ0n) is 8.59. The Morgan fingerprint density at radius 1 is 1.50 bits per heavy atom. The van der Waals surface area contributed by atoms with Gasteiger partial charge in [0, 0.05) is 19.4 Å². The molecule has 0 amide bonds. The van der Waals surface area contributed by atoms with Crippen LogP contribution >= 0.6 is 22.6 Å². The Hall–Kier alpha value is -1.22. The second kappa shape index (κ2) is 4.74. The lowest BCUT2D eigenvalue weighted by Gasteiger charge is -2.04. The first-order chi connectivity index (χ1) is 7.69. The summed E-state index contributed by atoms with van der Waals surface area (Å²) < 4.78 is 7.65. The van der Waals surface area contributed by atoms with Gasteiger partial charge in [0.05, 0.1) is 9.77 Å². The van der Waals surface area contributed by atoms with Crippen LogP contribution in [0, 0.1) is 3.57 Å². The van der Waals surface area contributed by atoms with Crippen LogP contribution < -0.4 is 5.73 Å². The van der Waals surface area contributed by atoms with Crippen LogP contribution in [0.3, 0.4) is 0 Å². The van der Waals surface area contributed by atoms with Gasteiger partial charge in [-0.05, 0) is 22.6 Å². The second-order valence-corrected chi connectivity index (χ2v) is 4.35. The fourth-order valence-electron chi connectivity index (χ4n) is 1.24. The van der Waals surface area contributed by atoms with Crippen molar-refractivity contribution < 1.29 is 4.74 Å². The first-order valence-electron chi connectivity index (χ1n) is 4.52. The molecule has 0 aliphatic carbocycles. The molecule has 84 valence electrons. The lowest BCUT2D eigenvalue weighted by molar-refractivity contribution is 0.178. The molecule has 2 rings (SSSR count). The van der Waals surface area contributed by atoms with Crippen molar-refractivity contribution in [2.24, 2.45) is 0 Å². The average Bonchev–Trinajstić information content (AvgIpc) is 2.64. The van der Waals surface area contributed by atoms with Crippen molar-refractivity contribution in [2.45, 2.75) is 6.61 Å². The summed E-state index contributed by atoms with van der Waals surface area (Å²) in [7, 11) is 1.59. The number of halogens is 1. The summed E-state index contributed by atoms with van der Waals surface area (Å²) >= 11 is 2.18. The number of nitrogens with zero attached hydrogens (tertiary/aromatic N) is 4. The number of hydrogen-bond acceptors (Lipinski definition) is 5. The summed E-state index contributed by atoms with van der Waals surface area (Å²) in [5.41, 5.74) is 5.68. The third-order valence-corrected chi connectivity index (χ3v) is 2.40. The van der Waals surface area contributed by atoms with Crippen molar-refractivity contribution >= 4 is 28.4 Å². The largest absolute Gasteiger partial charge is 0.384 e. The van der Waals surface area contributed by atoms with Gasteiger partial charge in [0.2, 0.25) is 0 Å². The van der Waals surface area contributed by atoms with Gasteiger partial charge >= 0.3 is 0 Å². The summed E-state index contributed by atoms with van der Waals surface area (Å²) in [6.45, 7) is 0.330. The van der Waals surface area contributed by atoms with Gasteiger partial charge in [-0.1, -0.05) is 0 Å². The van der Waals surface area contributed by atoms with E-state index < -0.39 is 0 Å². The number of aromatic nitrogens is 4. The van der Waals surface area contributed by atoms with Crippen LogP contribution in [-0.4, -0.2) is 26.9 Å². The van der Waals surface area contributed by atoms with Gasteiger partial charge in [0.1, 0.15) is 12.4 Å². The van der Waals surface area contributed by atoms with Crippen molar-refractivity contribution in [2.75, 3.05) is 12.8 Å². The van der Waals surface area contributed by atoms with Crippen molar-refractivity contribution in [3.63, 3.8) is 0 Å². The number of rotatable bonds is 3. The molecule has 0 fully saturated rings. The molecule has 0 aliphatic heterocycles. The van der Waals surface area contributed by atoms with Crippen LogP contribution in [-0.2, 0) is 11.3 Å². The van der Waals surface area contributed by atoms with Crippen LogP contribution in [0.2, 0.25) is 0 Å². The highest BCUT2D eigenvalue weighted by Crippen LogP contribution is 2.10. The Kier molecular flexibility index (Phi) is 3.34. The summed E-state index contributed by atoms with van der Waals surface area (Å²) in [6, 6.07) is 1.67. The first kappa shape index (κ1) is 11.3. The van der Waals surface area contributed by atoms with Crippen LogP contribution in [0.4, 0.5) is 5.82 Å². The summed E-state index contributed by atoms with van der Waals surface area (Å²) in [6.07, 6.45) is 3.60. The minimum Gasteiger partial charge on any atom is -0.384 e. The molecular weight excluding hydrogens is 321 g/mol. The fraction of sp³-hybridized carbons (Fsp3) is 0.222. The molecule has 0 aliphatic rings. The van der Waals surface area contributed by atoms with Gasteiger partial charge in [-0.2, -0.15) is 5.10 Å². The smallest absolute Gasteiger partial charge is 0.159 e. The molecule has 0 bridgehead atoms. The minimum atomic E-state index is 0.330. The molecule has 0 radical (unpaired) electrons. The fourth-order valence-corrected chi connectivity index (χ4v) is 1.63. The summed E-state index contributed by atoms with van der Waals surface area (Å²) in [5.74, 6) is 1.59. The van der Waals surface area contributed by atoms with E-state index in [2.05, 4.69) is 37.7 Å². The first-order valence-corrected chi connectivity index (χ1v) is 5.60. The zero-order valence-corrected chi connectivity index (χ0v) is 10.7. The molecular formula is C9H10IN5O. The molecule has 2 N–H and O–H groups in total. The molecule has 0 unspecified atom stereocenters. The molecule has 0 spiro atoms. The molecule has 2 aromatic rings. The highest BCUT2D eigenvalue weighted by Gasteiger charge is 2.05. The van der Waals surface area contributed by atoms with Crippen LogP contribution in [0.15, 0.2) is 18.5 Å². The maximum atomic E-state index is 5.68. The molecule has 7 heteroatoms. The molecule has 0 atom stereocenters. The van der Waals surface area contributed by atoms with E-state index >= 15 is 0 Å². The summed E-state index contributed by atoms with van der Waals surface area (Å²) in [5, 5.41) is 4.15. The molecule has 0 saturated carbocycles. The quantitative estimate of drug-likeness (QED) is 0.849. The van der Waals surface area contributed by atoms with Crippen molar-refractivity contribution in [1.29, 1.82) is 0 Å². The van der Waals surface area contributed by atoms with Gasteiger partial charge in [0.15, 0.2) is 11.6 Å². The highest BCUT2D eigenvalue weighted by molar-refractivity contribution is 14.1. The van der Waals surface area contributed by atoms with E-state index in [1.165, 1.54) is 0 Å². The Balaban J connectivity index is 2.40. The standard InChI is InChI=1S/C9H10IN5O/c1-16-5-8-13-7(11)2-9(14-8)15-4-6(10)3-12-15/h2-4H,5H2,1H3,(H2,11,13,14). The van der Waals surface area contributed by atoms with E-state index in [-0.39, 0.29) is 0 Å². The minimum absolute atomic E-state index is 0.330. The third kappa shape index (κ3) is 2.47. The van der Waals surface area contributed by atoms with E-state index in [9.17, 15) is 0 Å². The SMILES string of the molecule is COCc1nc(N)cc(-n2cc(I)cn2)n1. The number of methoxy groups -OCH3 is 1. The number of hydrogen-bond donors (Lipinski definition) is 1. The predicted molar refractivity (Wildman–Crippen MR) is 67.0 cm³/mol. The Morgan fingerprint density at radius 2 is 2.31 bits per heavy atom. The average molecular weight is 331 g/mol. The Labute approximate surface area is 106 Å². The Morgan fingerprint density at radius 3 is 2.94 bits per heavy atom. The molecule has 16 heavy (non-hydrogen) atoms. The number of ether oxygens (including phenoxy) is 1. The summed E-state index contributed by atoms with van der Waals surface area (Å²) in [4.78, 5) is 8.34. The van der Waals surface area contributed by atoms with E-state index in [0.29, 0.717) is 24.1 Å². The maximum absolute atomic E-state index is 5.68. The Bertz CT molecular complexity index is 498. The van der Waals surface area contributed by atoms with E-state index in [4.69, 9.17) is 10.5 Å². The molecule has 6 nitrogen and oxygen atoms in total. The normalized spacial score (nSPS) is 10.6. The van der Waals surface area contributed by atoms with E-state index in [0.717, 1.165) is 3.57 Å². The van der Waals surface area contributed by atoms with Crippen molar-refractivity contribution in [3.8, 4) is 5.82 Å².